The van der Waals surface area contributed by atoms with Crippen LogP contribution < -0.4 is 4.74 Å². The summed E-state index contributed by atoms with van der Waals surface area (Å²) in [4.78, 5) is 0. The minimum absolute atomic E-state index is 0.00755. The zero-order chi connectivity index (χ0) is 13.5. The van der Waals surface area contributed by atoms with Gasteiger partial charge in [0.15, 0.2) is 11.6 Å². The van der Waals surface area contributed by atoms with E-state index >= 15 is 0 Å². The maximum absolute atomic E-state index is 13.4. The van der Waals surface area contributed by atoms with E-state index in [1.54, 1.807) is 0 Å². The Morgan fingerprint density at radius 1 is 1.11 bits per heavy atom. The number of aromatic hydroxyl groups is 1. The molecule has 0 spiro atoms. The zero-order valence-electron chi connectivity index (χ0n) is 8.69. The van der Waals surface area contributed by atoms with E-state index in [1.165, 1.54) is 0 Å². The summed E-state index contributed by atoms with van der Waals surface area (Å²) in [7, 11) is 0. The van der Waals surface area contributed by atoms with Gasteiger partial charge in [0.2, 0.25) is 5.82 Å². The average molecular weight is 260 g/mol. The molecule has 0 unspecified atom stereocenters. The van der Waals surface area contributed by atoms with E-state index in [2.05, 4.69) is 4.74 Å². The van der Waals surface area contributed by atoms with Crippen LogP contribution in [0.4, 0.5) is 13.2 Å². The molecule has 0 aromatic heterocycles. The quantitative estimate of drug-likeness (QED) is 0.720. The molecule has 0 bridgehead atoms. The van der Waals surface area contributed by atoms with Crippen molar-refractivity contribution in [2.75, 3.05) is 0 Å². The normalized spacial score (nSPS) is 11.8. The third-order valence-corrected chi connectivity index (χ3v) is 2.20. The van der Waals surface area contributed by atoms with Crippen molar-refractivity contribution in [2.45, 2.75) is 6.23 Å². The zero-order valence-corrected chi connectivity index (χ0v) is 8.69. The second-order valence-electron chi connectivity index (χ2n) is 3.54. The second kappa shape index (κ2) is 4.04. The standard InChI is InChI=1S/C11H7F3O4/c12-8-4-5-3-6(15)1-2-7(5)10(9(8)13)18-11(14,16)17/h1-4,15-17H. The van der Waals surface area contributed by atoms with Crippen molar-refractivity contribution in [2.24, 2.45) is 0 Å². The number of rotatable bonds is 2. The summed E-state index contributed by atoms with van der Waals surface area (Å²) in [6, 6.07) is 4.08. The highest BCUT2D eigenvalue weighted by Crippen LogP contribution is 2.34. The fourth-order valence-corrected chi connectivity index (χ4v) is 1.53. The van der Waals surface area contributed by atoms with Gasteiger partial charge in [0.1, 0.15) is 5.75 Å². The van der Waals surface area contributed by atoms with Gasteiger partial charge in [-0.2, -0.15) is 4.39 Å². The van der Waals surface area contributed by atoms with Crippen LogP contribution in [-0.4, -0.2) is 21.5 Å². The Morgan fingerprint density at radius 2 is 1.78 bits per heavy atom. The molecule has 4 nitrogen and oxygen atoms in total. The third-order valence-electron chi connectivity index (χ3n) is 2.20. The molecule has 96 valence electrons. The van der Waals surface area contributed by atoms with Crippen LogP contribution in [0.15, 0.2) is 24.3 Å². The average Bonchev–Trinajstić information content (AvgIpc) is 2.23. The maximum Gasteiger partial charge on any atom is 0.492 e. The smallest absolute Gasteiger partial charge is 0.492 e. The molecule has 0 aliphatic carbocycles. The SMILES string of the molecule is Oc1ccc2c(OC(O)(O)F)c(F)c(F)cc2c1. The molecule has 0 fully saturated rings. The van der Waals surface area contributed by atoms with E-state index in [4.69, 9.17) is 10.2 Å². The Hall–Kier alpha value is -1.99. The van der Waals surface area contributed by atoms with E-state index < -0.39 is 23.6 Å². The van der Waals surface area contributed by atoms with Gasteiger partial charge < -0.3 is 20.1 Å². The minimum Gasteiger partial charge on any atom is -0.508 e. The van der Waals surface area contributed by atoms with Crippen LogP contribution in [0, 0.1) is 11.6 Å². The number of benzene rings is 2. The highest BCUT2D eigenvalue weighted by molar-refractivity contribution is 5.89. The van der Waals surface area contributed by atoms with E-state index in [0.29, 0.717) is 0 Å². The van der Waals surface area contributed by atoms with Gasteiger partial charge in [-0.15, -0.1) is 4.39 Å². The van der Waals surface area contributed by atoms with Gasteiger partial charge in [-0.25, -0.2) is 4.39 Å². The van der Waals surface area contributed by atoms with Gasteiger partial charge in [-0.05, 0) is 29.7 Å². The largest absolute Gasteiger partial charge is 0.508 e. The van der Waals surface area contributed by atoms with E-state index in [9.17, 15) is 18.3 Å². The molecule has 0 aliphatic rings. The summed E-state index contributed by atoms with van der Waals surface area (Å²) in [5, 5.41) is 25.9. The molecule has 0 amide bonds. The number of fused-ring (bicyclic) bond motifs is 1. The number of halogens is 3. The fraction of sp³-hybridized carbons (Fsp3) is 0.0909. The van der Waals surface area contributed by atoms with E-state index in [-0.39, 0.29) is 16.5 Å². The lowest BCUT2D eigenvalue weighted by molar-refractivity contribution is -0.375. The summed E-state index contributed by atoms with van der Waals surface area (Å²) in [6.07, 6.45) is -4.14. The maximum atomic E-state index is 13.4. The van der Waals surface area contributed by atoms with Crippen LogP contribution in [0.1, 0.15) is 0 Å². The van der Waals surface area contributed by atoms with Crippen molar-refractivity contribution in [3.05, 3.63) is 35.9 Å². The predicted molar refractivity (Wildman–Crippen MR) is 54.4 cm³/mol. The molecule has 2 rings (SSSR count). The number of phenols is 1. The first kappa shape index (κ1) is 12.5. The topological polar surface area (TPSA) is 69.9 Å². The summed E-state index contributed by atoms with van der Waals surface area (Å²) in [5.74, 6) is -4.18. The second-order valence-corrected chi connectivity index (χ2v) is 3.54. The van der Waals surface area contributed by atoms with Crippen LogP contribution in [0.25, 0.3) is 10.8 Å². The first-order valence-corrected chi connectivity index (χ1v) is 4.71. The lowest BCUT2D eigenvalue weighted by Gasteiger charge is -2.16. The summed E-state index contributed by atoms with van der Waals surface area (Å²) >= 11 is 0. The lowest BCUT2D eigenvalue weighted by atomic mass is 10.1. The molecule has 0 heterocycles. The van der Waals surface area contributed by atoms with Crippen molar-refractivity contribution in [3.63, 3.8) is 0 Å². The van der Waals surface area contributed by atoms with Gasteiger partial charge >= 0.3 is 6.23 Å². The molecule has 18 heavy (non-hydrogen) atoms. The van der Waals surface area contributed by atoms with Crippen LogP contribution in [-0.2, 0) is 0 Å². The Kier molecular flexibility index (Phi) is 2.80. The molecule has 0 aliphatic heterocycles. The van der Waals surface area contributed by atoms with E-state index in [1.807, 2.05) is 0 Å². The third kappa shape index (κ3) is 2.31. The highest BCUT2D eigenvalue weighted by atomic mass is 19.2. The Bertz CT molecular complexity index is 607. The van der Waals surface area contributed by atoms with Crippen molar-refractivity contribution in [3.8, 4) is 11.5 Å². The monoisotopic (exact) mass is 260 g/mol. The number of phenolic OH excluding ortho intramolecular Hbond substituents is 1. The Morgan fingerprint density at radius 3 is 2.39 bits per heavy atom. The summed E-state index contributed by atoms with van der Waals surface area (Å²) in [5.41, 5.74) is 0. The molecular formula is C11H7F3O4. The molecule has 3 N–H and O–H groups in total. The predicted octanol–water partition coefficient (Wildman–Crippen LogP) is 1.77. The van der Waals surface area contributed by atoms with Crippen LogP contribution in [0.5, 0.6) is 11.5 Å². The van der Waals surface area contributed by atoms with Gasteiger partial charge in [0.25, 0.3) is 0 Å². The van der Waals surface area contributed by atoms with Gasteiger partial charge in [-0.3, -0.25) is 0 Å². The minimum atomic E-state index is -4.14. The van der Waals surface area contributed by atoms with Crippen LogP contribution in [0.2, 0.25) is 0 Å². The number of ether oxygens (including phenoxy) is 1. The number of alkyl halides is 1. The lowest BCUT2D eigenvalue weighted by Crippen LogP contribution is -2.29. The number of hydrogen-bond acceptors (Lipinski definition) is 4. The summed E-state index contributed by atoms with van der Waals surface area (Å²) < 4.78 is 43.1. The van der Waals surface area contributed by atoms with Crippen LogP contribution >= 0.6 is 0 Å². The van der Waals surface area contributed by atoms with Gasteiger partial charge in [0, 0.05) is 5.39 Å². The highest BCUT2D eigenvalue weighted by Gasteiger charge is 2.28. The molecule has 0 saturated carbocycles. The first-order valence-electron chi connectivity index (χ1n) is 4.71. The fourth-order valence-electron chi connectivity index (χ4n) is 1.53. The Balaban J connectivity index is 2.72. The molecule has 0 radical (unpaired) electrons. The van der Waals surface area contributed by atoms with Crippen molar-refractivity contribution in [1.29, 1.82) is 0 Å². The van der Waals surface area contributed by atoms with Crippen LogP contribution in [0.3, 0.4) is 0 Å². The Labute approximate surface area is 98.5 Å². The van der Waals surface area contributed by atoms with Crippen molar-refractivity contribution in [1.82, 2.24) is 0 Å². The molecule has 0 atom stereocenters. The number of aliphatic hydroxyl groups is 2. The summed E-state index contributed by atoms with van der Waals surface area (Å²) in [6.45, 7) is 0. The van der Waals surface area contributed by atoms with E-state index in [0.717, 1.165) is 24.3 Å². The van der Waals surface area contributed by atoms with Crippen molar-refractivity contribution >= 4 is 10.8 Å². The number of hydrogen-bond donors (Lipinski definition) is 3. The molecule has 0 saturated heterocycles. The first-order chi connectivity index (χ1) is 8.28. The molecule has 2 aromatic rings. The van der Waals surface area contributed by atoms with Gasteiger partial charge in [0.05, 0.1) is 0 Å². The molecule has 7 heteroatoms. The van der Waals surface area contributed by atoms with Crippen molar-refractivity contribution < 1.29 is 33.2 Å². The molecule has 2 aromatic carbocycles. The molecular weight excluding hydrogens is 253 g/mol. The van der Waals surface area contributed by atoms with Gasteiger partial charge in [-0.1, -0.05) is 0 Å².